The van der Waals surface area contributed by atoms with Crippen molar-refractivity contribution < 1.29 is 14.9 Å². The lowest BCUT2D eigenvalue weighted by Gasteiger charge is -2.16. The van der Waals surface area contributed by atoms with Crippen LogP contribution in [0.2, 0.25) is 0 Å². The van der Waals surface area contributed by atoms with E-state index in [9.17, 15) is 10.2 Å². The van der Waals surface area contributed by atoms with Crippen LogP contribution in [0.3, 0.4) is 0 Å². The summed E-state index contributed by atoms with van der Waals surface area (Å²) in [6.07, 6.45) is -0.558. The highest BCUT2D eigenvalue weighted by molar-refractivity contribution is 9.10. The zero-order chi connectivity index (χ0) is 12.8. The van der Waals surface area contributed by atoms with Crippen LogP contribution in [-0.2, 0) is 0 Å². The molecule has 0 amide bonds. The third-order valence-electron chi connectivity index (χ3n) is 2.48. The molecule has 2 atom stereocenters. The molecule has 0 saturated heterocycles. The molecule has 0 heterocycles. The lowest BCUT2D eigenvalue weighted by Crippen LogP contribution is -2.17. The fourth-order valence-electron chi connectivity index (χ4n) is 1.33. The standard InChI is InChI=1S/C12H18BrNO3/c1-2-8(15)7-17-11-5-3-4-9(12(11)13)10(16)6-14/h3-5,8,10,15-16H,2,6-7,14H2,1H3/t8-,10?/m1/s1. The Morgan fingerprint density at radius 2 is 2.12 bits per heavy atom. The highest BCUT2D eigenvalue weighted by Gasteiger charge is 2.13. The minimum absolute atomic E-state index is 0.152. The van der Waals surface area contributed by atoms with Crippen molar-refractivity contribution in [2.75, 3.05) is 13.2 Å². The first kappa shape index (κ1) is 14.4. The van der Waals surface area contributed by atoms with Gasteiger partial charge in [-0.15, -0.1) is 0 Å². The SMILES string of the molecule is CC[C@@H](O)COc1cccc(C(O)CN)c1Br. The summed E-state index contributed by atoms with van der Waals surface area (Å²) in [4.78, 5) is 0. The average Bonchev–Trinajstić information content (AvgIpc) is 2.36. The van der Waals surface area contributed by atoms with Crippen molar-refractivity contribution >= 4 is 15.9 Å². The lowest BCUT2D eigenvalue weighted by atomic mass is 10.1. The van der Waals surface area contributed by atoms with Gasteiger partial charge >= 0.3 is 0 Å². The summed E-state index contributed by atoms with van der Waals surface area (Å²) in [7, 11) is 0. The number of aliphatic hydroxyl groups is 2. The summed E-state index contributed by atoms with van der Waals surface area (Å²) in [5, 5.41) is 19.1. The maximum Gasteiger partial charge on any atom is 0.133 e. The quantitative estimate of drug-likeness (QED) is 0.746. The Kier molecular flexibility index (Phi) is 5.91. The van der Waals surface area contributed by atoms with Crippen LogP contribution in [0.5, 0.6) is 5.75 Å². The molecule has 0 aliphatic carbocycles. The minimum Gasteiger partial charge on any atom is -0.490 e. The predicted molar refractivity (Wildman–Crippen MR) is 69.9 cm³/mol. The van der Waals surface area contributed by atoms with Crippen LogP contribution in [0.1, 0.15) is 25.0 Å². The van der Waals surface area contributed by atoms with E-state index in [-0.39, 0.29) is 13.2 Å². The van der Waals surface area contributed by atoms with E-state index < -0.39 is 12.2 Å². The van der Waals surface area contributed by atoms with Gasteiger partial charge in [0.15, 0.2) is 0 Å². The van der Waals surface area contributed by atoms with E-state index >= 15 is 0 Å². The molecule has 0 spiro atoms. The van der Waals surface area contributed by atoms with Crippen LogP contribution < -0.4 is 10.5 Å². The third-order valence-corrected chi connectivity index (χ3v) is 3.33. The van der Waals surface area contributed by atoms with Gasteiger partial charge in [0.2, 0.25) is 0 Å². The Balaban J connectivity index is 2.79. The largest absolute Gasteiger partial charge is 0.490 e. The van der Waals surface area contributed by atoms with E-state index in [0.29, 0.717) is 22.2 Å². The van der Waals surface area contributed by atoms with Crippen molar-refractivity contribution in [3.05, 3.63) is 28.2 Å². The van der Waals surface area contributed by atoms with Gasteiger partial charge in [0.1, 0.15) is 12.4 Å². The van der Waals surface area contributed by atoms with E-state index in [0.717, 1.165) is 0 Å². The van der Waals surface area contributed by atoms with Crippen molar-refractivity contribution in [2.24, 2.45) is 5.73 Å². The minimum atomic E-state index is -0.718. The Morgan fingerprint density at radius 1 is 1.41 bits per heavy atom. The van der Waals surface area contributed by atoms with E-state index in [1.165, 1.54) is 0 Å². The number of ether oxygens (including phenoxy) is 1. The summed E-state index contributed by atoms with van der Waals surface area (Å²) in [5.41, 5.74) is 6.11. The fraction of sp³-hybridized carbons (Fsp3) is 0.500. The maximum absolute atomic E-state index is 9.70. The molecule has 0 bridgehead atoms. The second-order valence-corrected chi connectivity index (χ2v) is 4.58. The van der Waals surface area contributed by atoms with Gasteiger partial charge in [-0.2, -0.15) is 0 Å². The summed E-state index contributed by atoms with van der Waals surface area (Å²) >= 11 is 3.37. The van der Waals surface area contributed by atoms with Crippen molar-refractivity contribution in [3.8, 4) is 5.75 Å². The van der Waals surface area contributed by atoms with E-state index in [2.05, 4.69) is 15.9 Å². The smallest absolute Gasteiger partial charge is 0.133 e. The summed E-state index contributed by atoms with van der Waals surface area (Å²) in [6, 6.07) is 5.34. The molecule has 96 valence electrons. The zero-order valence-electron chi connectivity index (χ0n) is 9.77. The number of hydrogen-bond acceptors (Lipinski definition) is 4. The molecule has 0 aliphatic rings. The van der Waals surface area contributed by atoms with Gasteiger partial charge < -0.3 is 20.7 Å². The second kappa shape index (κ2) is 6.96. The Morgan fingerprint density at radius 3 is 2.71 bits per heavy atom. The molecule has 5 heteroatoms. The van der Waals surface area contributed by atoms with Crippen molar-refractivity contribution in [3.63, 3.8) is 0 Å². The van der Waals surface area contributed by atoms with Crippen LogP contribution >= 0.6 is 15.9 Å². The van der Waals surface area contributed by atoms with Crippen LogP contribution in [0.25, 0.3) is 0 Å². The molecule has 4 nitrogen and oxygen atoms in total. The van der Waals surface area contributed by atoms with Gasteiger partial charge in [0, 0.05) is 6.54 Å². The van der Waals surface area contributed by atoms with Crippen molar-refractivity contribution in [1.82, 2.24) is 0 Å². The highest BCUT2D eigenvalue weighted by Crippen LogP contribution is 2.32. The number of benzene rings is 1. The molecule has 1 rings (SSSR count). The monoisotopic (exact) mass is 303 g/mol. The molecule has 4 N–H and O–H groups in total. The van der Waals surface area contributed by atoms with Gasteiger partial charge in [0.05, 0.1) is 16.7 Å². The zero-order valence-corrected chi connectivity index (χ0v) is 11.4. The molecule has 17 heavy (non-hydrogen) atoms. The van der Waals surface area contributed by atoms with Crippen LogP contribution in [0, 0.1) is 0 Å². The number of aliphatic hydroxyl groups excluding tert-OH is 2. The number of rotatable bonds is 6. The number of nitrogens with two attached hydrogens (primary N) is 1. The second-order valence-electron chi connectivity index (χ2n) is 3.78. The van der Waals surface area contributed by atoms with Gasteiger partial charge in [-0.1, -0.05) is 19.1 Å². The fourth-order valence-corrected chi connectivity index (χ4v) is 1.97. The van der Waals surface area contributed by atoms with Crippen LogP contribution in [-0.4, -0.2) is 29.5 Å². The van der Waals surface area contributed by atoms with Crippen molar-refractivity contribution in [2.45, 2.75) is 25.6 Å². The highest BCUT2D eigenvalue weighted by atomic mass is 79.9. The molecule has 0 saturated carbocycles. The number of halogens is 1. The summed E-state index contributed by atoms with van der Waals surface area (Å²) in [6.45, 7) is 2.27. The average molecular weight is 304 g/mol. The Labute approximate surface area is 110 Å². The Bertz CT molecular complexity index is 360. The molecule has 1 aromatic rings. The Hall–Kier alpha value is -0.620. The first-order valence-corrected chi connectivity index (χ1v) is 6.36. The van der Waals surface area contributed by atoms with Gasteiger partial charge in [-0.25, -0.2) is 0 Å². The van der Waals surface area contributed by atoms with E-state index in [1.54, 1.807) is 18.2 Å². The predicted octanol–water partition coefficient (Wildman–Crippen LogP) is 1.59. The number of hydrogen-bond donors (Lipinski definition) is 3. The maximum atomic E-state index is 9.70. The topological polar surface area (TPSA) is 75.7 Å². The first-order chi connectivity index (χ1) is 8.10. The van der Waals surface area contributed by atoms with Gasteiger partial charge in [-0.05, 0) is 34.0 Å². The van der Waals surface area contributed by atoms with Crippen LogP contribution in [0.15, 0.2) is 22.7 Å². The molecule has 0 fully saturated rings. The van der Waals surface area contributed by atoms with E-state index in [1.807, 2.05) is 6.92 Å². The van der Waals surface area contributed by atoms with E-state index in [4.69, 9.17) is 10.5 Å². The molecular weight excluding hydrogens is 286 g/mol. The molecule has 0 radical (unpaired) electrons. The molecule has 1 unspecified atom stereocenters. The summed E-state index contributed by atoms with van der Waals surface area (Å²) < 4.78 is 6.16. The van der Waals surface area contributed by atoms with Gasteiger partial charge in [0.25, 0.3) is 0 Å². The lowest BCUT2D eigenvalue weighted by molar-refractivity contribution is 0.103. The molecule has 0 aliphatic heterocycles. The normalized spacial score (nSPS) is 14.4. The van der Waals surface area contributed by atoms with Gasteiger partial charge in [-0.3, -0.25) is 0 Å². The molecule has 0 aromatic heterocycles. The molecule has 1 aromatic carbocycles. The first-order valence-electron chi connectivity index (χ1n) is 5.57. The van der Waals surface area contributed by atoms with Crippen LogP contribution in [0.4, 0.5) is 0 Å². The summed E-state index contributed by atoms with van der Waals surface area (Å²) in [5.74, 6) is 0.600. The van der Waals surface area contributed by atoms with Crippen molar-refractivity contribution in [1.29, 1.82) is 0 Å². The third kappa shape index (κ3) is 3.96. The molecular formula is C12H18BrNO3.